The Bertz CT molecular complexity index is 633. The van der Waals surface area contributed by atoms with E-state index in [9.17, 15) is 4.79 Å². The van der Waals surface area contributed by atoms with Gasteiger partial charge in [0.25, 0.3) is 5.91 Å². The predicted molar refractivity (Wildman–Crippen MR) is 103 cm³/mol. The number of fused-ring (bicyclic) bond motifs is 1. The number of hydrogen-bond donors (Lipinski definition) is 1. The molecule has 0 spiro atoms. The fourth-order valence-corrected chi connectivity index (χ4v) is 4.35. The van der Waals surface area contributed by atoms with Gasteiger partial charge in [0.15, 0.2) is 0 Å². The maximum atomic E-state index is 12.9. The Morgan fingerprint density at radius 1 is 1.12 bits per heavy atom. The number of rotatable bonds is 6. The van der Waals surface area contributed by atoms with Gasteiger partial charge in [-0.2, -0.15) is 0 Å². The van der Waals surface area contributed by atoms with Crippen LogP contribution >= 0.6 is 23.7 Å². The van der Waals surface area contributed by atoms with Crippen molar-refractivity contribution in [3.05, 3.63) is 57.3 Å². The maximum Gasteiger partial charge on any atom is 0.263 e. The molecule has 0 bridgehead atoms. The van der Waals surface area contributed by atoms with Gasteiger partial charge in [-0.1, -0.05) is 30.3 Å². The Hall–Kier alpha value is -1.36. The second kappa shape index (κ2) is 9.21. The Kier molecular flexibility index (Phi) is 7.28. The van der Waals surface area contributed by atoms with E-state index in [1.807, 2.05) is 23.1 Å². The average molecular weight is 365 g/mol. The molecule has 1 aromatic heterocycles. The third-order valence-electron chi connectivity index (χ3n) is 4.41. The van der Waals surface area contributed by atoms with E-state index in [1.165, 1.54) is 28.8 Å². The molecule has 2 aromatic rings. The first-order chi connectivity index (χ1) is 11.3. The topological polar surface area (TPSA) is 46.3 Å². The summed E-state index contributed by atoms with van der Waals surface area (Å²) < 4.78 is 0. The molecule has 0 radical (unpaired) electrons. The molecule has 0 saturated carbocycles. The summed E-state index contributed by atoms with van der Waals surface area (Å²) in [6.45, 7) is 1.85. The van der Waals surface area contributed by atoms with Crippen molar-refractivity contribution < 1.29 is 4.79 Å². The minimum atomic E-state index is 0. The highest BCUT2D eigenvalue weighted by Crippen LogP contribution is 2.30. The van der Waals surface area contributed by atoms with Crippen molar-refractivity contribution in [2.45, 2.75) is 32.1 Å². The van der Waals surface area contributed by atoms with Crippen LogP contribution in [0.5, 0.6) is 0 Å². The molecule has 5 heteroatoms. The van der Waals surface area contributed by atoms with Crippen molar-refractivity contribution in [2.24, 2.45) is 5.73 Å². The van der Waals surface area contributed by atoms with Crippen LogP contribution in [0.1, 0.15) is 38.5 Å². The molecule has 130 valence electrons. The lowest BCUT2D eigenvalue weighted by atomic mass is 9.99. The third kappa shape index (κ3) is 4.59. The lowest BCUT2D eigenvalue weighted by Gasteiger charge is -2.21. The van der Waals surface area contributed by atoms with Gasteiger partial charge >= 0.3 is 0 Å². The summed E-state index contributed by atoms with van der Waals surface area (Å²) in [4.78, 5) is 17.1. The lowest BCUT2D eigenvalue weighted by molar-refractivity contribution is 0.0767. The van der Waals surface area contributed by atoms with Gasteiger partial charge < -0.3 is 10.6 Å². The van der Waals surface area contributed by atoms with Crippen LogP contribution in [-0.4, -0.2) is 30.4 Å². The van der Waals surface area contributed by atoms with Crippen molar-refractivity contribution in [3.8, 4) is 0 Å². The fraction of sp³-hybridized carbons (Fsp3) is 0.421. The molecule has 1 aliphatic rings. The smallest absolute Gasteiger partial charge is 0.263 e. The summed E-state index contributed by atoms with van der Waals surface area (Å²) in [5.41, 5.74) is 8.37. The zero-order valence-electron chi connectivity index (χ0n) is 13.9. The summed E-state index contributed by atoms with van der Waals surface area (Å²) in [7, 11) is 0. The maximum absolute atomic E-state index is 12.9. The number of nitrogens with two attached hydrogens (primary N) is 1. The highest BCUT2D eigenvalue weighted by Gasteiger charge is 2.21. The highest BCUT2D eigenvalue weighted by atomic mass is 35.5. The van der Waals surface area contributed by atoms with Crippen molar-refractivity contribution in [3.63, 3.8) is 0 Å². The van der Waals surface area contributed by atoms with E-state index >= 15 is 0 Å². The number of nitrogens with zero attached hydrogens (tertiary/aromatic N) is 1. The molecule has 1 aromatic carbocycles. The van der Waals surface area contributed by atoms with Gasteiger partial charge in [0.2, 0.25) is 0 Å². The summed E-state index contributed by atoms with van der Waals surface area (Å²) in [6.07, 6.45) is 5.63. The molecule has 0 unspecified atom stereocenters. The Morgan fingerprint density at radius 3 is 2.58 bits per heavy atom. The molecule has 0 fully saturated rings. The van der Waals surface area contributed by atoms with Gasteiger partial charge in [0.05, 0.1) is 4.88 Å². The summed E-state index contributed by atoms with van der Waals surface area (Å²) in [6, 6.07) is 12.4. The zero-order valence-corrected chi connectivity index (χ0v) is 15.5. The second-order valence-corrected chi connectivity index (χ2v) is 7.22. The number of halogens is 1. The first-order valence-corrected chi connectivity index (χ1v) is 9.24. The second-order valence-electron chi connectivity index (χ2n) is 6.08. The van der Waals surface area contributed by atoms with Gasteiger partial charge in [-0.15, -0.1) is 23.7 Å². The van der Waals surface area contributed by atoms with Crippen molar-refractivity contribution in [1.82, 2.24) is 4.90 Å². The van der Waals surface area contributed by atoms with E-state index in [-0.39, 0.29) is 18.3 Å². The van der Waals surface area contributed by atoms with Gasteiger partial charge in [0.1, 0.15) is 0 Å². The number of carbonyl (C=O) groups excluding carboxylic acids is 1. The molecule has 3 rings (SSSR count). The fourth-order valence-electron chi connectivity index (χ4n) is 3.13. The van der Waals surface area contributed by atoms with E-state index in [0.717, 1.165) is 30.7 Å². The largest absolute Gasteiger partial charge is 0.336 e. The standard InChI is InChI=1S/C19H24N2OS.ClH/c20-11-13-21(12-10-15-6-2-1-3-7-15)19(22)18-14-16-8-4-5-9-17(16)23-18;/h1-3,6-7,14H,4-5,8-13,20H2;1H. The highest BCUT2D eigenvalue weighted by molar-refractivity contribution is 7.14. The number of benzene rings is 1. The van der Waals surface area contributed by atoms with Crippen LogP contribution in [0.2, 0.25) is 0 Å². The van der Waals surface area contributed by atoms with Crippen LogP contribution < -0.4 is 5.73 Å². The monoisotopic (exact) mass is 364 g/mol. The van der Waals surface area contributed by atoms with Crippen LogP contribution in [0.15, 0.2) is 36.4 Å². The van der Waals surface area contributed by atoms with Gasteiger partial charge in [-0.05, 0) is 49.3 Å². The van der Waals surface area contributed by atoms with E-state index in [2.05, 4.69) is 18.2 Å². The molecule has 1 aliphatic carbocycles. The minimum Gasteiger partial charge on any atom is -0.336 e. The van der Waals surface area contributed by atoms with Gasteiger partial charge in [-0.3, -0.25) is 4.79 Å². The molecule has 1 amide bonds. The van der Waals surface area contributed by atoms with Crippen molar-refractivity contribution in [1.29, 1.82) is 0 Å². The van der Waals surface area contributed by atoms with Crippen LogP contribution in [-0.2, 0) is 19.3 Å². The molecule has 0 saturated heterocycles. The number of thiophene rings is 1. The molecule has 24 heavy (non-hydrogen) atoms. The zero-order chi connectivity index (χ0) is 16.1. The Morgan fingerprint density at radius 2 is 1.88 bits per heavy atom. The molecule has 0 aliphatic heterocycles. The first-order valence-electron chi connectivity index (χ1n) is 8.43. The van der Waals surface area contributed by atoms with E-state index in [0.29, 0.717) is 13.1 Å². The average Bonchev–Trinajstić information content (AvgIpc) is 3.03. The van der Waals surface area contributed by atoms with Gasteiger partial charge in [-0.25, -0.2) is 0 Å². The Balaban J connectivity index is 0.00000208. The van der Waals surface area contributed by atoms with Crippen LogP contribution in [0.4, 0.5) is 0 Å². The number of amides is 1. The van der Waals surface area contributed by atoms with Crippen LogP contribution in [0, 0.1) is 0 Å². The minimum absolute atomic E-state index is 0. The number of hydrogen-bond acceptors (Lipinski definition) is 3. The SMILES string of the molecule is Cl.NCCN(CCc1ccccc1)C(=O)c1cc2c(s1)CCCC2. The quantitative estimate of drug-likeness (QED) is 0.849. The molecule has 0 atom stereocenters. The summed E-state index contributed by atoms with van der Waals surface area (Å²) in [5.74, 6) is 0.144. The van der Waals surface area contributed by atoms with Crippen LogP contribution in [0.25, 0.3) is 0 Å². The molecule has 3 nitrogen and oxygen atoms in total. The van der Waals surface area contributed by atoms with E-state index < -0.39 is 0 Å². The van der Waals surface area contributed by atoms with Crippen molar-refractivity contribution in [2.75, 3.05) is 19.6 Å². The Labute approximate surface area is 154 Å². The van der Waals surface area contributed by atoms with E-state index in [4.69, 9.17) is 5.73 Å². The predicted octanol–water partition coefficient (Wildman–Crippen LogP) is 3.69. The molecular formula is C19H25ClN2OS. The van der Waals surface area contributed by atoms with Crippen LogP contribution in [0.3, 0.4) is 0 Å². The third-order valence-corrected chi connectivity index (χ3v) is 5.63. The molecular weight excluding hydrogens is 340 g/mol. The lowest BCUT2D eigenvalue weighted by Crippen LogP contribution is -2.36. The normalized spacial score (nSPS) is 13.0. The number of carbonyl (C=O) groups is 1. The molecule has 2 N–H and O–H groups in total. The van der Waals surface area contributed by atoms with E-state index in [1.54, 1.807) is 11.3 Å². The summed E-state index contributed by atoms with van der Waals surface area (Å²) in [5, 5.41) is 0. The van der Waals surface area contributed by atoms with Crippen molar-refractivity contribution >= 4 is 29.7 Å². The number of aryl methyl sites for hydroxylation is 2. The molecule has 1 heterocycles. The first kappa shape index (κ1) is 19.0. The van der Waals surface area contributed by atoms with Gasteiger partial charge in [0, 0.05) is 24.5 Å². The summed E-state index contributed by atoms with van der Waals surface area (Å²) >= 11 is 1.69.